The Hall–Kier alpha value is -1.85. The Bertz CT molecular complexity index is 491. The molecule has 0 unspecified atom stereocenters. The molecule has 6 heteroatoms. The molecule has 1 N–H and O–H groups in total. The third-order valence-corrected chi connectivity index (χ3v) is 2.94. The Morgan fingerprint density at radius 1 is 1.56 bits per heavy atom. The lowest BCUT2D eigenvalue weighted by Gasteiger charge is -2.11. The Morgan fingerprint density at radius 3 is 2.89 bits per heavy atom. The van der Waals surface area contributed by atoms with Crippen LogP contribution in [0.4, 0.5) is 5.82 Å². The molecule has 1 aromatic heterocycles. The van der Waals surface area contributed by atoms with Crippen LogP contribution in [-0.2, 0) is 4.79 Å². The van der Waals surface area contributed by atoms with Crippen molar-refractivity contribution >= 4 is 11.7 Å². The van der Waals surface area contributed by atoms with Crippen LogP contribution in [0.1, 0.15) is 25.3 Å². The second-order valence-electron chi connectivity index (χ2n) is 4.68. The maximum Gasteiger partial charge on any atom is 0.293 e. The highest BCUT2D eigenvalue weighted by Crippen LogP contribution is 2.33. The van der Waals surface area contributed by atoms with Gasteiger partial charge in [0.15, 0.2) is 5.82 Å². The zero-order chi connectivity index (χ0) is 13.1. The first kappa shape index (κ1) is 12.6. The summed E-state index contributed by atoms with van der Waals surface area (Å²) in [5.74, 6) is 0.358. The molecule has 1 saturated carbocycles. The summed E-state index contributed by atoms with van der Waals surface area (Å²) in [6.45, 7) is 0.425. The zero-order valence-corrected chi connectivity index (χ0v) is 10.7. The van der Waals surface area contributed by atoms with Crippen LogP contribution < -0.4 is 10.9 Å². The Kier molecular flexibility index (Phi) is 3.64. The molecule has 1 fully saturated rings. The molecule has 18 heavy (non-hydrogen) atoms. The fraction of sp³-hybridized carbons (Fsp3) is 0.583. The smallest absolute Gasteiger partial charge is 0.293 e. The van der Waals surface area contributed by atoms with Crippen molar-refractivity contribution in [1.29, 1.82) is 0 Å². The average Bonchev–Trinajstić information content (AvgIpc) is 3.15. The van der Waals surface area contributed by atoms with Crippen molar-refractivity contribution in [2.75, 3.05) is 26.0 Å². The van der Waals surface area contributed by atoms with Crippen LogP contribution >= 0.6 is 0 Å². The summed E-state index contributed by atoms with van der Waals surface area (Å²) < 4.78 is 1.71. The van der Waals surface area contributed by atoms with E-state index in [2.05, 4.69) is 10.3 Å². The first-order valence-electron chi connectivity index (χ1n) is 6.11. The van der Waals surface area contributed by atoms with Gasteiger partial charge in [-0.3, -0.25) is 9.59 Å². The van der Waals surface area contributed by atoms with E-state index in [1.165, 1.54) is 4.90 Å². The molecule has 0 bridgehead atoms. The van der Waals surface area contributed by atoms with Crippen molar-refractivity contribution in [3.8, 4) is 0 Å². The minimum atomic E-state index is -0.0997. The number of carbonyl (C=O) groups excluding carboxylic acids is 1. The van der Waals surface area contributed by atoms with Gasteiger partial charge in [0.2, 0.25) is 5.91 Å². The molecular weight excluding hydrogens is 232 g/mol. The normalized spacial score (nSPS) is 14.3. The third-order valence-electron chi connectivity index (χ3n) is 2.94. The van der Waals surface area contributed by atoms with E-state index in [-0.39, 0.29) is 11.5 Å². The van der Waals surface area contributed by atoms with Crippen LogP contribution in [0, 0.1) is 0 Å². The second-order valence-corrected chi connectivity index (χ2v) is 4.68. The van der Waals surface area contributed by atoms with E-state index in [4.69, 9.17) is 0 Å². The fourth-order valence-corrected chi connectivity index (χ4v) is 1.70. The van der Waals surface area contributed by atoms with E-state index in [1.807, 2.05) is 0 Å². The minimum Gasteiger partial charge on any atom is -0.365 e. The number of anilines is 1. The molecule has 0 radical (unpaired) electrons. The number of hydrogen-bond acceptors (Lipinski definition) is 4. The minimum absolute atomic E-state index is 0.0287. The lowest BCUT2D eigenvalue weighted by Crippen LogP contribution is -2.27. The first-order valence-corrected chi connectivity index (χ1v) is 6.11. The van der Waals surface area contributed by atoms with Crippen molar-refractivity contribution in [3.63, 3.8) is 0 Å². The zero-order valence-electron chi connectivity index (χ0n) is 10.7. The Morgan fingerprint density at radius 2 is 2.28 bits per heavy atom. The third kappa shape index (κ3) is 2.88. The molecule has 0 saturated heterocycles. The number of carbonyl (C=O) groups is 1. The highest BCUT2D eigenvalue weighted by molar-refractivity contribution is 5.76. The number of nitrogens with zero attached hydrogens (tertiary/aromatic N) is 3. The maximum atomic E-state index is 12.0. The number of aromatic nitrogens is 2. The van der Waals surface area contributed by atoms with Gasteiger partial charge < -0.3 is 14.8 Å². The fourth-order valence-electron chi connectivity index (χ4n) is 1.70. The van der Waals surface area contributed by atoms with E-state index < -0.39 is 0 Å². The van der Waals surface area contributed by atoms with E-state index in [1.54, 1.807) is 31.1 Å². The Labute approximate surface area is 106 Å². The summed E-state index contributed by atoms with van der Waals surface area (Å²) in [4.78, 5) is 28.9. The SMILES string of the molecule is CN(C)C(=O)CCNc1nccn(C2CC2)c1=O. The van der Waals surface area contributed by atoms with Gasteiger partial charge >= 0.3 is 0 Å². The van der Waals surface area contributed by atoms with Crippen molar-refractivity contribution < 1.29 is 4.79 Å². The monoisotopic (exact) mass is 250 g/mol. The topological polar surface area (TPSA) is 67.2 Å². The van der Waals surface area contributed by atoms with Gasteiger partial charge in [0.05, 0.1) is 0 Å². The van der Waals surface area contributed by atoms with E-state index in [0.29, 0.717) is 24.8 Å². The number of hydrogen-bond donors (Lipinski definition) is 1. The molecule has 98 valence electrons. The van der Waals surface area contributed by atoms with Gasteiger partial charge in [0, 0.05) is 45.5 Å². The summed E-state index contributed by atoms with van der Waals surface area (Å²) in [5.41, 5.74) is -0.0997. The van der Waals surface area contributed by atoms with Gasteiger partial charge in [-0.1, -0.05) is 0 Å². The number of amides is 1. The molecule has 0 aliphatic heterocycles. The first-order chi connectivity index (χ1) is 8.59. The molecule has 1 amide bonds. The molecular formula is C12H18N4O2. The molecule has 0 spiro atoms. The molecule has 0 atom stereocenters. The summed E-state index contributed by atoms with van der Waals surface area (Å²) in [7, 11) is 3.42. The lowest BCUT2D eigenvalue weighted by molar-refractivity contribution is -0.128. The molecule has 2 rings (SSSR count). The summed E-state index contributed by atoms with van der Waals surface area (Å²) >= 11 is 0. The van der Waals surface area contributed by atoms with Crippen LogP contribution in [0.25, 0.3) is 0 Å². The van der Waals surface area contributed by atoms with Crippen molar-refractivity contribution in [3.05, 3.63) is 22.7 Å². The molecule has 0 aromatic carbocycles. The largest absolute Gasteiger partial charge is 0.365 e. The van der Waals surface area contributed by atoms with Crippen LogP contribution in [0.2, 0.25) is 0 Å². The quantitative estimate of drug-likeness (QED) is 0.825. The number of nitrogens with one attached hydrogen (secondary N) is 1. The van der Waals surface area contributed by atoms with Crippen LogP contribution in [-0.4, -0.2) is 41.0 Å². The van der Waals surface area contributed by atoms with Crippen LogP contribution in [0.3, 0.4) is 0 Å². The summed E-state index contributed by atoms with van der Waals surface area (Å²) in [5, 5.41) is 2.93. The van der Waals surface area contributed by atoms with Crippen molar-refractivity contribution in [2.45, 2.75) is 25.3 Å². The standard InChI is InChI=1S/C12H18N4O2/c1-15(2)10(17)5-6-13-11-12(18)16(8-7-14-11)9-3-4-9/h7-9H,3-6H2,1-2H3,(H,13,14). The second kappa shape index (κ2) is 5.20. The highest BCUT2D eigenvalue weighted by Gasteiger charge is 2.25. The molecule has 1 aromatic rings. The van der Waals surface area contributed by atoms with Gasteiger partial charge in [-0.25, -0.2) is 4.98 Å². The molecule has 6 nitrogen and oxygen atoms in total. The molecule has 1 heterocycles. The van der Waals surface area contributed by atoms with Gasteiger partial charge in [-0.2, -0.15) is 0 Å². The summed E-state index contributed by atoms with van der Waals surface area (Å²) in [6, 6.07) is 0.337. The van der Waals surface area contributed by atoms with E-state index in [0.717, 1.165) is 12.8 Å². The lowest BCUT2D eigenvalue weighted by atomic mass is 10.4. The van der Waals surface area contributed by atoms with E-state index >= 15 is 0 Å². The Balaban J connectivity index is 1.95. The molecule has 1 aliphatic rings. The van der Waals surface area contributed by atoms with Crippen LogP contribution in [0.15, 0.2) is 17.2 Å². The maximum absolute atomic E-state index is 12.0. The average molecular weight is 250 g/mol. The van der Waals surface area contributed by atoms with Crippen molar-refractivity contribution in [1.82, 2.24) is 14.5 Å². The predicted octanol–water partition coefficient (Wildman–Crippen LogP) is 0.468. The van der Waals surface area contributed by atoms with Gasteiger partial charge in [-0.15, -0.1) is 0 Å². The van der Waals surface area contributed by atoms with Gasteiger partial charge in [0.1, 0.15) is 0 Å². The predicted molar refractivity (Wildman–Crippen MR) is 68.6 cm³/mol. The van der Waals surface area contributed by atoms with Crippen LogP contribution in [0.5, 0.6) is 0 Å². The number of rotatable bonds is 5. The van der Waals surface area contributed by atoms with Gasteiger partial charge in [0.25, 0.3) is 5.56 Å². The highest BCUT2D eigenvalue weighted by atomic mass is 16.2. The van der Waals surface area contributed by atoms with Gasteiger partial charge in [-0.05, 0) is 12.8 Å². The van der Waals surface area contributed by atoms with E-state index in [9.17, 15) is 9.59 Å². The molecule has 1 aliphatic carbocycles. The summed E-state index contributed by atoms with van der Waals surface area (Å²) in [6.07, 6.45) is 5.81. The van der Waals surface area contributed by atoms with Crippen molar-refractivity contribution in [2.24, 2.45) is 0 Å².